The lowest BCUT2D eigenvalue weighted by Crippen LogP contribution is -2.33. The first kappa shape index (κ1) is 30.4. The highest BCUT2D eigenvalue weighted by Crippen LogP contribution is 2.33. The Bertz CT molecular complexity index is 1410. The van der Waals surface area contributed by atoms with Gasteiger partial charge in [-0.05, 0) is 97.7 Å². The maximum Gasteiger partial charge on any atom is 0.169 e. The summed E-state index contributed by atoms with van der Waals surface area (Å²) in [5.41, 5.74) is 1.40. The molecule has 0 spiro atoms. The van der Waals surface area contributed by atoms with Crippen molar-refractivity contribution in [1.82, 2.24) is 4.90 Å². The van der Waals surface area contributed by atoms with E-state index in [4.69, 9.17) is 18.9 Å². The number of hydrogen-bond acceptors (Lipinski definition) is 8. The van der Waals surface area contributed by atoms with Gasteiger partial charge in [0, 0.05) is 6.54 Å². The molecule has 8 heteroatoms. The molecule has 42 heavy (non-hydrogen) atoms. The third-order valence-electron chi connectivity index (χ3n) is 6.84. The van der Waals surface area contributed by atoms with Crippen LogP contribution in [0, 0.1) is 0 Å². The predicted molar refractivity (Wildman–Crippen MR) is 163 cm³/mol. The molecule has 0 saturated carbocycles. The van der Waals surface area contributed by atoms with Crippen LogP contribution in [0.15, 0.2) is 72.8 Å². The molecule has 1 saturated heterocycles. The van der Waals surface area contributed by atoms with Crippen LogP contribution in [0.4, 0.5) is 0 Å². The molecule has 0 atom stereocenters. The van der Waals surface area contributed by atoms with E-state index in [1.54, 1.807) is 49.6 Å². The van der Waals surface area contributed by atoms with Crippen molar-refractivity contribution < 1.29 is 33.6 Å². The van der Waals surface area contributed by atoms with E-state index in [9.17, 15) is 14.7 Å². The topological polar surface area (TPSA) is 94.5 Å². The Morgan fingerprint density at radius 2 is 1.36 bits per heavy atom. The summed E-state index contributed by atoms with van der Waals surface area (Å²) in [6.45, 7) is 3.90. The molecule has 1 N–H and O–H groups in total. The van der Waals surface area contributed by atoms with E-state index in [0.717, 1.165) is 30.9 Å². The van der Waals surface area contributed by atoms with E-state index in [1.807, 2.05) is 24.3 Å². The first-order valence-electron chi connectivity index (χ1n) is 14.0. The van der Waals surface area contributed by atoms with E-state index < -0.39 is 0 Å². The second kappa shape index (κ2) is 15.4. The SMILES string of the molecule is COc1cc(C=CC(=O)CC(=O)C=Cc2ccc(Oc3ccc(OCCN4CCCCC4)cc3)c(OC)c2)ccc1O. The molecule has 0 aromatic heterocycles. The van der Waals surface area contributed by atoms with Crippen molar-refractivity contribution >= 4 is 23.7 Å². The Hall–Kier alpha value is -4.56. The van der Waals surface area contributed by atoms with Gasteiger partial charge in [0.1, 0.15) is 18.1 Å². The van der Waals surface area contributed by atoms with E-state index in [1.165, 1.54) is 44.6 Å². The van der Waals surface area contributed by atoms with Crippen molar-refractivity contribution in [3.8, 4) is 34.5 Å². The van der Waals surface area contributed by atoms with E-state index in [2.05, 4.69) is 4.90 Å². The van der Waals surface area contributed by atoms with Crippen LogP contribution in [0.1, 0.15) is 36.8 Å². The second-order valence-electron chi connectivity index (χ2n) is 9.94. The summed E-state index contributed by atoms with van der Waals surface area (Å²) in [6.07, 6.45) is 9.50. The molecule has 0 radical (unpaired) electrons. The highest BCUT2D eigenvalue weighted by Gasteiger charge is 2.11. The fourth-order valence-electron chi connectivity index (χ4n) is 4.54. The molecule has 4 rings (SSSR count). The van der Waals surface area contributed by atoms with E-state index in [-0.39, 0.29) is 23.7 Å². The molecular weight excluding hydrogens is 534 g/mol. The van der Waals surface area contributed by atoms with Crippen LogP contribution in [0.5, 0.6) is 34.5 Å². The number of phenols is 1. The lowest BCUT2D eigenvalue weighted by Gasteiger charge is -2.26. The number of benzene rings is 3. The molecular formula is C34H37NO7. The van der Waals surface area contributed by atoms with Crippen LogP contribution in [-0.4, -0.2) is 62.0 Å². The quantitative estimate of drug-likeness (QED) is 0.177. The molecule has 1 aliphatic rings. The van der Waals surface area contributed by atoms with Gasteiger partial charge in [-0.25, -0.2) is 0 Å². The number of aromatic hydroxyl groups is 1. The maximum atomic E-state index is 12.4. The van der Waals surface area contributed by atoms with Crippen LogP contribution in [0.2, 0.25) is 0 Å². The number of carbonyl (C=O) groups is 2. The Kier molecular flexibility index (Phi) is 11.2. The summed E-state index contributed by atoms with van der Waals surface area (Å²) in [4.78, 5) is 27.0. The maximum absolute atomic E-state index is 12.4. The van der Waals surface area contributed by atoms with Gasteiger partial charge in [0.2, 0.25) is 0 Å². The fraction of sp³-hybridized carbons (Fsp3) is 0.294. The molecule has 8 nitrogen and oxygen atoms in total. The van der Waals surface area contributed by atoms with Crippen LogP contribution in [-0.2, 0) is 9.59 Å². The van der Waals surface area contributed by atoms with Crippen LogP contribution in [0.3, 0.4) is 0 Å². The van der Waals surface area contributed by atoms with Crippen LogP contribution < -0.4 is 18.9 Å². The van der Waals surface area contributed by atoms with Gasteiger partial charge in [-0.15, -0.1) is 0 Å². The number of rotatable bonds is 14. The Morgan fingerprint density at radius 3 is 2.00 bits per heavy atom. The number of nitrogens with zero attached hydrogens (tertiary/aromatic N) is 1. The van der Waals surface area contributed by atoms with Crippen molar-refractivity contribution in [3.63, 3.8) is 0 Å². The molecule has 0 aliphatic carbocycles. The highest BCUT2D eigenvalue weighted by atomic mass is 16.5. The van der Waals surface area contributed by atoms with E-state index in [0.29, 0.717) is 35.2 Å². The summed E-state index contributed by atoms with van der Waals surface area (Å²) in [6, 6.07) is 17.5. The van der Waals surface area contributed by atoms with Gasteiger partial charge in [0.15, 0.2) is 34.6 Å². The standard InChI is InChI=1S/C34H37NO7/c1-39-33-22-25(8-16-31(33)38)6-10-27(36)24-28(37)11-7-26-9-17-32(34(23-26)40-2)42-30-14-12-29(13-15-30)41-21-20-35-18-4-3-5-19-35/h6-17,22-23,38H,3-5,18-21,24H2,1-2H3. The number of likely N-dealkylation sites (tertiary alicyclic amines) is 1. The number of allylic oxidation sites excluding steroid dienone is 2. The summed E-state index contributed by atoms with van der Waals surface area (Å²) in [5.74, 6) is 2.13. The molecule has 3 aromatic rings. The summed E-state index contributed by atoms with van der Waals surface area (Å²) in [7, 11) is 3.00. The normalized spacial score (nSPS) is 13.8. The number of carbonyl (C=O) groups excluding carboxylic acids is 2. The van der Waals surface area contributed by atoms with Crippen LogP contribution in [0.25, 0.3) is 12.2 Å². The number of methoxy groups -OCH3 is 2. The number of phenolic OH excluding ortho intramolecular Hbond substituents is 1. The minimum absolute atomic E-state index is 0.00966. The molecule has 1 heterocycles. The first-order chi connectivity index (χ1) is 20.4. The van der Waals surface area contributed by atoms with Crippen molar-refractivity contribution in [1.29, 1.82) is 0 Å². The van der Waals surface area contributed by atoms with Crippen molar-refractivity contribution in [2.45, 2.75) is 25.7 Å². The number of ether oxygens (including phenoxy) is 4. The Morgan fingerprint density at radius 1 is 0.762 bits per heavy atom. The minimum atomic E-state index is -0.337. The predicted octanol–water partition coefficient (Wildman–Crippen LogP) is 6.32. The minimum Gasteiger partial charge on any atom is -0.504 e. The molecule has 1 aliphatic heterocycles. The highest BCUT2D eigenvalue weighted by molar-refractivity contribution is 6.10. The van der Waals surface area contributed by atoms with Gasteiger partial charge >= 0.3 is 0 Å². The average Bonchev–Trinajstić information content (AvgIpc) is 3.01. The zero-order valence-electron chi connectivity index (χ0n) is 24.1. The lowest BCUT2D eigenvalue weighted by atomic mass is 10.1. The zero-order chi connectivity index (χ0) is 29.7. The monoisotopic (exact) mass is 571 g/mol. The Balaban J connectivity index is 1.27. The molecule has 0 bridgehead atoms. The van der Waals surface area contributed by atoms with Crippen molar-refractivity contribution in [3.05, 3.63) is 83.9 Å². The summed E-state index contributed by atoms with van der Waals surface area (Å²) in [5, 5.41) is 9.68. The summed E-state index contributed by atoms with van der Waals surface area (Å²) < 4.78 is 22.5. The molecule has 220 valence electrons. The van der Waals surface area contributed by atoms with E-state index >= 15 is 0 Å². The number of hydrogen-bond donors (Lipinski definition) is 1. The van der Waals surface area contributed by atoms with Crippen molar-refractivity contribution in [2.75, 3.05) is 40.5 Å². The van der Waals surface area contributed by atoms with Gasteiger partial charge in [0.05, 0.1) is 20.6 Å². The second-order valence-corrected chi connectivity index (χ2v) is 9.94. The third-order valence-corrected chi connectivity index (χ3v) is 6.84. The Labute approximate surface area is 246 Å². The van der Waals surface area contributed by atoms with Gasteiger partial charge in [-0.2, -0.15) is 0 Å². The molecule has 0 amide bonds. The number of ketones is 2. The summed E-state index contributed by atoms with van der Waals surface area (Å²) >= 11 is 0. The van der Waals surface area contributed by atoms with Gasteiger partial charge in [-0.1, -0.05) is 30.7 Å². The van der Waals surface area contributed by atoms with Gasteiger partial charge in [0.25, 0.3) is 0 Å². The molecule has 0 unspecified atom stereocenters. The van der Waals surface area contributed by atoms with Crippen LogP contribution >= 0.6 is 0 Å². The largest absolute Gasteiger partial charge is 0.504 e. The number of piperidine rings is 1. The van der Waals surface area contributed by atoms with Crippen molar-refractivity contribution in [2.24, 2.45) is 0 Å². The smallest absolute Gasteiger partial charge is 0.169 e. The molecule has 3 aromatic carbocycles. The first-order valence-corrected chi connectivity index (χ1v) is 14.0. The average molecular weight is 572 g/mol. The molecule has 1 fully saturated rings. The lowest BCUT2D eigenvalue weighted by molar-refractivity contribution is -0.121. The zero-order valence-corrected chi connectivity index (χ0v) is 24.1. The van der Waals surface area contributed by atoms with Gasteiger partial charge < -0.3 is 24.1 Å². The third kappa shape index (κ3) is 9.24. The van der Waals surface area contributed by atoms with Gasteiger partial charge in [-0.3, -0.25) is 14.5 Å². The fourth-order valence-corrected chi connectivity index (χ4v) is 4.54.